The van der Waals surface area contributed by atoms with Crippen molar-refractivity contribution in [3.8, 4) is 0 Å². The second-order valence-corrected chi connectivity index (χ2v) is 12.9. The van der Waals surface area contributed by atoms with Gasteiger partial charge in [-0.25, -0.2) is 4.79 Å². The normalized spacial score (nSPS) is 18.0. The first-order valence-corrected chi connectivity index (χ1v) is 15.9. The molecule has 14 nitrogen and oxygen atoms in total. The number of allylic oxidation sites excluding steroid dienone is 1. The van der Waals surface area contributed by atoms with E-state index in [1.165, 1.54) is 35.1 Å². The molecule has 2 aromatic carbocycles. The van der Waals surface area contributed by atoms with Crippen molar-refractivity contribution >= 4 is 68.4 Å². The van der Waals surface area contributed by atoms with E-state index in [2.05, 4.69) is 30.0 Å². The monoisotopic (exact) mass is 663 g/mol. The first kappa shape index (κ1) is 30.2. The van der Waals surface area contributed by atoms with E-state index in [0.29, 0.717) is 22.1 Å². The van der Waals surface area contributed by atoms with Gasteiger partial charge in [0.05, 0.1) is 6.04 Å². The van der Waals surface area contributed by atoms with Crippen molar-refractivity contribution in [1.29, 1.82) is 0 Å². The molecule has 2 amide bonds. The third-order valence-corrected chi connectivity index (χ3v) is 9.48. The van der Waals surface area contributed by atoms with Gasteiger partial charge in [0.2, 0.25) is 16.7 Å². The average Bonchev–Trinajstić information content (AvgIpc) is 3.68. The highest BCUT2D eigenvalue weighted by atomic mass is 32.2. The summed E-state index contributed by atoms with van der Waals surface area (Å²) in [6.45, 7) is 0. The van der Waals surface area contributed by atoms with Crippen molar-refractivity contribution in [2.45, 2.75) is 35.4 Å². The Morgan fingerprint density at radius 2 is 1.76 bits per heavy atom. The van der Waals surface area contributed by atoms with Crippen LogP contribution in [-0.4, -0.2) is 67.1 Å². The van der Waals surface area contributed by atoms with Crippen molar-refractivity contribution in [2.75, 3.05) is 18.6 Å². The molecule has 0 saturated carbocycles. The Morgan fingerprint density at radius 3 is 2.33 bits per heavy atom. The minimum absolute atomic E-state index is 0.0313. The lowest BCUT2D eigenvalue weighted by atomic mass is 9.86. The highest BCUT2D eigenvalue weighted by Crippen LogP contribution is 2.45. The van der Waals surface area contributed by atoms with Gasteiger partial charge in [0.1, 0.15) is 18.8 Å². The number of amides is 2. The van der Waals surface area contributed by atoms with Crippen molar-refractivity contribution in [2.24, 2.45) is 5.16 Å². The number of aromatic nitrogens is 4. The molecule has 0 bridgehead atoms. The Morgan fingerprint density at radius 1 is 1.07 bits per heavy atom. The summed E-state index contributed by atoms with van der Waals surface area (Å²) in [5, 5.41) is 14.8. The number of nitrogens with two attached hydrogens (primary N) is 2. The van der Waals surface area contributed by atoms with Crippen LogP contribution in [0.5, 0.6) is 0 Å². The molecule has 4 heterocycles. The highest BCUT2D eigenvalue weighted by molar-refractivity contribution is 8.04. The summed E-state index contributed by atoms with van der Waals surface area (Å²) < 4.78 is 10.7. The maximum absolute atomic E-state index is 14.1. The van der Waals surface area contributed by atoms with Crippen molar-refractivity contribution in [1.82, 2.24) is 29.8 Å². The number of anilines is 2. The Bertz CT molecular complexity index is 1760. The molecule has 2 aromatic heterocycles. The number of oxime groups is 1. The number of β-lactam (4-membered cyclic amide) rings is 1. The first-order chi connectivity index (χ1) is 21.8. The fourth-order valence-corrected chi connectivity index (χ4v) is 7.34. The maximum Gasteiger partial charge on any atom is 0.356 e. The van der Waals surface area contributed by atoms with E-state index >= 15 is 0 Å². The van der Waals surface area contributed by atoms with E-state index in [-0.39, 0.29) is 27.5 Å². The Hall–Kier alpha value is -4.87. The number of fused-ring (bicyclic) bond motifs is 1. The van der Waals surface area contributed by atoms with E-state index in [9.17, 15) is 14.4 Å². The van der Waals surface area contributed by atoms with E-state index in [4.69, 9.17) is 21.0 Å². The summed E-state index contributed by atoms with van der Waals surface area (Å²) >= 11 is 3.26. The van der Waals surface area contributed by atoms with Gasteiger partial charge in [-0.1, -0.05) is 88.9 Å². The molecule has 0 spiro atoms. The highest BCUT2D eigenvalue weighted by Gasteiger charge is 2.54. The smallest absolute Gasteiger partial charge is 0.356 e. The van der Waals surface area contributed by atoms with Gasteiger partial charge in [0.25, 0.3) is 11.8 Å². The predicted octanol–water partition coefficient (Wildman–Crippen LogP) is 2.73. The lowest BCUT2D eigenvalue weighted by molar-refractivity contribution is -0.158. The number of hydrogen-bond acceptors (Lipinski definition) is 15. The molecule has 1 fully saturated rings. The van der Waals surface area contributed by atoms with Gasteiger partial charge < -0.3 is 26.4 Å². The largest absolute Gasteiger partial charge is 0.448 e. The summed E-state index contributed by atoms with van der Waals surface area (Å²) in [5.41, 5.74) is 12.8. The molecular weight excluding hydrogens is 639 g/mol. The van der Waals surface area contributed by atoms with Crippen LogP contribution in [0.4, 0.5) is 10.3 Å². The van der Waals surface area contributed by atoms with Crippen LogP contribution in [0.2, 0.25) is 0 Å². The second kappa shape index (κ2) is 13.0. The zero-order chi connectivity index (χ0) is 31.5. The number of thioether (sulfide) groups is 1. The van der Waals surface area contributed by atoms with Crippen LogP contribution in [-0.2, 0) is 24.0 Å². The van der Waals surface area contributed by atoms with Gasteiger partial charge in [0.15, 0.2) is 15.6 Å². The van der Waals surface area contributed by atoms with Crippen molar-refractivity contribution in [3.63, 3.8) is 0 Å². The van der Waals surface area contributed by atoms with Crippen molar-refractivity contribution in [3.05, 3.63) is 88.2 Å². The molecule has 17 heteroatoms. The third kappa shape index (κ3) is 6.22. The Kier molecular flexibility index (Phi) is 8.72. The van der Waals surface area contributed by atoms with Crippen LogP contribution >= 0.6 is 34.6 Å². The molecule has 4 aromatic rings. The molecule has 2 aliphatic heterocycles. The Labute approximate surface area is 268 Å². The molecule has 0 aliphatic carbocycles. The number of ether oxygens (including phenoxy) is 1. The first-order valence-electron chi connectivity index (χ1n) is 13.5. The van der Waals surface area contributed by atoms with Gasteiger partial charge in [-0.3, -0.25) is 14.5 Å². The molecule has 45 heavy (non-hydrogen) atoms. The zero-order valence-corrected chi connectivity index (χ0v) is 26.0. The number of hydrogen-bond donors (Lipinski definition) is 3. The molecule has 2 aliphatic rings. The number of nitrogens with zero attached hydrogens (tertiary/aromatic N) is 6. The zero-order valence-electron chi connectivity index (χ0n) is 23.5. The van der Waals surface area contributed by atoms with Gasteiger partial charge >= 0.3 is 5.97 Å². The molecule has 5 N–H and O–H groups in total. The number of carbonyl (C=O) groups is 3. The molecular formula is C28H25N9O5S3. The summed E-state index contributed by atoms with van der Waals surface area (Å²) in [6, 6.07) is 17.2. The second-order valence-electron chi connectivity index (χ2n) is 9.73. The predicted molar refractivity (Wildman–Crippen MR) is 168 cm³/mol. The van der Waals surface area contributed by atoms with E-state index < -0.39 is 36.0 Å². The van der Waals surface area contributed by atoms with Gasteiger partial charge in [-0.15, -0.1) is 10.2 Å². The van der Waals surface area contributed by atoms with E-state index in [1.54, 1.807) is 0 Å². The van der Waals surface area contributed by atoms with E-state index in [0.717, 1.165) is 22.7 Å². The van der Waals surface area contributed by atoms with Gasteiger partial charge in [-0.2, -0.15) is 9.36 Å². The summed E-state index contributed by atoms with van der Waals surface area (Å²) in [5.74, 6) is -1.94. The average molecular weight is 664 g/mol. The van der Waals surface area contributed by atoms with Crippen LogP contribution in [0.1, 0.15) is 35.9 Å². The fourth-order valence-electron chi connectivity index (χ4n) is 5.05. The number of carbonyl (C=O) groups excluding carboxylic acids is 3. The number of benzene rings is 2. The minimum atomic E-state index is -0.943. The van der Waals surface area contributed by atoms with Crippen LogP contribution in [0, 0.1) is 0 Å². The van der Waals surface area contributed by atoms with Gasteiger partial charge in [-0.05, 0) is 24.0 Å². The third-order valence-electron chi connectivity index (χ3n) is 6.99. The number of rotatable bonds is 10. The number of nitrogen functional groups attached to an aromatic ring is 2. The summed E-state index contributed by atoms with van der Waals surface area (Å²) in [7, 11) is 1.27. The minimum Gasteiger partial charge on any atom is -0.448 e. The molecule has 2 atom stereocenters. The topological polar surface area (TPSA) is 201 Å². The van der Waals surface area contributed by atoms with Gasteiger partial charge in [0, 0.05) is 16.4 Å². The molecule has 1 saturated heterocycles. The number of esters is 1. The van der Waals surface area contributed by atoms with Crippen molar-refractivity contribution < 1.29 is 24.0 Å². The fraction of sp³-hybridized carbons (Fsp3) is 0.214. The number of nitrogens with one attached hydrogen (secondary N) is 1. The lowest BCUT2D eigenvalue weighted by Gasteiger charge is -2.50. The SMILES string of the molecule is CO/N=C(\C(=O)NC1C(=O)N2C(C(=O)OC(c3ccccc3)c3ccccc3)=C(Sc3nnc(N)s3)CCC12)c1nsc(N)n1. The summed E-state index contributed by atoms with van der Waals surface area (Å²) in [4.78, 5) is 51.8. The van der Waals surface area contributed by atoms with E-state index in [1.807, 2.05) is 60.7 Å². The molecule has 6 rings (SSSR count). The standard InChI is InChI=1S/C28H25N9O5S3/c1-41-35-19(22-32-26(29)45-36-22)23(38)31-18-16-12-13-17(43-28-34-33-27(30)44-28)20(37(16)24(18)39)25(40)42-21(14-8-4-2-5-9-14)15-10-6-3-7-11-15/h2-11,16,18,21H,12-13H2,1H3,(H2,30,33)(H,31,38)(H2,29,32,36)/b35-19-. The van der Waals surface area contributed by atoms with Crippen LogP contribution in [0.15, 0.2) is 80.8 Å². The molecule has 230 valence electrons. The maximum atomic E-state index is 14.1. The van der Waals surface area contributed by atoms with Crippen LogP contribution in [0.25, 0.3) is 0 Å². The Balaban J connectivity index is 1.30. The molecule has 0 radical (unpaired) electrons. The van der Waals surface area contributed by atoms with Crippen LogP contribution < -0.4 is 16.8 Å². The quantitative estimate of drug-likeness (QED) is 0.0971. The lowest BCUT2D eigenvalue weighted by Crippen LogP contribution is -2.72. The van der Waals surface area contributed by atoms with Crippen LogP contribution in [0.3, 0.4) is 0 Å². The molecule has 2 unspecified atom stereocenters. The summed E-state index contributed by atoms with van der Waals surface area (Å²) in [6.07, 6.45) is 0.109.